The molecule has 0 bridgehead atoms. The zero-order chi connectivity index (χ0) is 16.2. The van der Waals surface area contributed by atoms with Gasteiger partial charge >= 0.3 is 6.09 Å². The first-order valence-electron chi connectivity index (χ1n) is 7.58. The van der Waals surface area contributed by atoms with Crippen molar-refractivity contribution in [1.29, 1.82) is 0 Å². The number of methoxy groups -OCH3 is 1. The van der Waals surface area contributed by atoms with E-state index in [-0.39, 0.29) is 11.9 Å². The highest BCUT2D eigenvalue weighted by atomic mass is 16.5. The number of likely N-dealkylation sites (tertiary alicyclic amines) is 1. The Labute approximate surface area is 134 Å². The molecule has 1 aromatic heterocycles. The van der Waals surface area contributed by atoms with E-state index in [1.165, 1.54) is 7.11 Å². The first-order chi connectivity index (χ1) is 11.2. The smallest absolute Gasteiger partial charge is 0.411 e. The number of ether oxygens (including phenoxy) is 1. The van der Waals surface area contributed by atoms with E-state index >= 15 is 0 Å². The minimum Gasteiger partial charge on any atom is -0.453 e. The van der Waals surface area contributed by atoms with E-state index in [4.69, 9.17) is 0 Å². The number of aromatic nitrogens is 1. The van der Waals surface area contributed by atoms with Gasteiger partial charge in [0.2, 0.25) is 0 Å². The van der Waals surface area contributed by atoms with Crippen LogP contribution in [0.25, 0.3) is 0 Å². The molecular weight excluding hydrogens is 294 g/mol. The Morgan fingerprint density at radius 2 is 2.17 bits per heavy atom. The number of aromatic amines is 1. The maximum absolute atomic E-state index is 12.8. The second-order valence-corrected chi connectivity index (χ2v) is 5.48. The fraction of sp³-hybridized carbons (Fsp3) is 0.294. The average Bonchev–Trinajstić information content (AvgIpc) is 3.25. The molecule has 2 N–H and O–H groups in total. The maximum atomic E-state index is 12.8. The average molecular weight is 313 g/mol. The first-order valence-corrected chi connectivity index (χ1v) is 7.58. The summed E-state index contributed by atoms with van der Waals surface area (Å²) >= 11 is 0. The fourth-order valence-electron chi connectivity index (χ4n) is 2.95. The van der Waals surface area contributed by atoms with E-state index in [1.54, 1.807) is 24.3 Å². The van der Waals surface area contributed by atoms with Crippen molar-refractivity contribution in [2.45, 2.75) is 18.9 Å². The van der Waals surface area contributed by atoms with Crippen LogP contribution in [0.15, 0.2) is 42.6 Å². The van der Waals surface area contributed by atoms with E-state index in [2.05, 4.69) is 15.0 Å². The van der Waals surface area contributed by atoms with Gasteiger partial charge in [-0.15, -0.1) is 0 Å². The summed E-state index contributed by atoms with van der Waals surface area (Å²) in [4.78, 5) is 29.2. The van der Waals surface area contributed by atoms with Gasteiger partial charge in [0, 0.05) is 29.7 Å². The summed E-state index contributed by atoms with van der Waals surface area (Å²) < 4.78 is 4.57. The zero-order valence-electron chi connectivity index (χ0n) is 12.9. The van der Waals surface area contributed by atoms with Crippen molar-refractivity contribution < 1.29 is 14.3 Å². The molecule has 6 nitrogen and oxygen atoms in total. The van der Waals surface area contributed by atoms with Crippen LogP contribution in [-0.4, -0.2) is 35.5 Å². The minimum absolute atomic E-state index is 0.0318. The van der Waals surface area contributed by atoms with Gasteiger partial charge < -0.3 is 14.6 Å². The van der Waals surface area contributed by atoms with Crippen molar-refractivity contribution in [3.05, 3.63) is 53.9 Å². The van der Waals surface area contributed by atoms with Gasteiger partial charge in [0.25, 0.3) is 5.91 Å². The summed E-state index contributed by atoms with van der Waals surface area (Å²) in [6.45, 7) is 0.733. The molecule has 1 saturated heterocycles. The highest BCUT2D eigenvalue weighted by Crippen LogP contribution is 2.32. The third-order valence-electron chi connectivity index (χ3n) is 4.04. The summed E-state index contributed by atoms with van der Waals surface area (Å²) in [6, 6.07) is 10.9. The molecule has 3 rings (SSSR count). The molecule has 0 unspecified atom stereocenters. The number of rotatable bonds is 3. The molecule has 1 fully saturated rings. The van der Waals surface area contributed by atoms with Gasteiger partial charge in [-0.1, -0.05) is 6.07 Å². The zero-order valence-corrected chi connectivity index (χ0v) is 12.9. The molecular formula is C17H19N3O3. The number of carbonyl (C=O) groups is 2. The molecule has 0 spiro atoms. The molecule has 2 heterocycles. The van der Waals surface area contributed by atoms with Gasteiger partial charge in [0.15, 0.2) is 0 Å². The standard InChI is InChI=1S/C17H19N3O3/c1-23-17(22)19-13-6-2-5-12(11-13)16(21)20-10-4-8-15(20)14-7-3-9-18-14/h2-3,5-7,9,11,15,18H,4,8,10H2,1H3,(H,19,22)/t15-/m0/s1. The minimum atomic E-state index is -0.556. The number of carbonyl (C=O) groups excluding carboxylic acids is 2. The van der Waals surface area contributed by atoms with Gasteiger partial charge in [-0.2, -0.15) is 0 Å². The van der Waals surface area contributed by atoms with Crippen LogP contribution < -0.4 is 5.32 Å². The highest BCUT2D eigenvalue weighted by molar-refractivity contribution is 5.96. The Hall–Kier alpha value is -2.76. The summed E-state index contributed by atoms with van der Waals surface area (Å²) in [5, 5.41) is 2.58. The van der Waals surface area contributed by atoms with Crippen LogP contribution in [0.4, 0.5) is 10.5 Å². The van der Waals surface area contributed by atoms with Gasteiger partial charge in [-0.05, 0) is 43.2 Å². The van der Waals surface area contributed by atoms with Crippen molar-refractivity contribution in [3.8, 4) is 0 Å². The van der Waals surface area contributed by atoms with E-state index in [9.17, 15) is 9.59 Å². The number of anilines is 1. The number of hydrogen-bond acceptors (Lipinski definition) is 3. The molecule has 6 heteroatoms. The third-order valence-corrected chi connectivity index (χ3v) is 4.04. The molecule has 2 amide bonds. The predicted octanol–water partition coefficient (Wildman–Crippen LogP) is 3.17. The molecule has 120 valence electrons. The van der Waals surface area contributed by atoms with Crippen LogP contribution in [0.5, 0.6) is 0 Å². The molecule has 1 atom stereocenters. The Bertz CT molecular complexity index is 697. The molecule has 2 aromatic rings. The van der Waals surface area contributed by atoms with Crippen LogP contribution in [-0.2, 0) is 4.74 Å². The number of H-pyrrole nitrogens is 1. The molecule has 23 heavy (non-hydrogen) atoms. The van der Waals surface area contributed by atoms with Gasteiger partial charge in [0.1, 0.15) is 0 Å². The molecule has 0 saturated carbocycles. The lowest BCUT2D eigenvalue weighted by atomic mass is 10.1. The SMILES string of the molecule is COC(=O)Nc1cccc(C(=O)N2CCC[C@H]2c2ccc[nH]2)c1. The quantitative estimate of drug-likeness (QED) is 0.914. The van der Waals surface area contributed by atoms with Gasteiger partial charge in [0.05, 0.1) is 13.2 Å². The lowest BCUT2D eigenvalue weighted by molar-refractivity contribution is 0.0733. The monoisotopic (exact) mass is 313 g/mol. The predicted molar refractivity (Wildman–Crippen MR) is 86.3 cm³/mol. The Morgan fingerprint density at radius 3 is 2.91 bits per heavy atom. The number of nitrogens with zero attached hydrogens (tertiary/aromatic N) is 1. The van der Waals surface area contributed by atoms with Crippen LogP contribution in [0.3, 0.4) is 0 Å². The van der Waals surface area contributed by atoms with E-state index < -0.39 is 6.09 Å². The van der Waals surface area contributed by atoms with Crippen molar-refractivity contribution in [1.82, 2.24) is 9.88 Å². The summed E-state index contributed by atoms with van der Waals surface area (Å²) in [5.74, 6) is -0.0318. The summed E-state index contributed by atoms with van der Waals surface area (Å²) in [5.41, 5.74) is 2.15. The molecule has 1 aliphatic heterocycles. The molecule has 1 aromatic carbocycles. The van der Waals surface area contributed by atoms with E-state index in [0.717, 1.165) is 25.1 Å². The van der Waals surface area contributed by atoms with Crippen molar-refractivity contribution in [3.63, 3.8) is 0 Å². The maximum Gasteiger partial charge on any atom is 0.411 e. The number of amides is 2. The van der Waals surface area contributed by atoms with Crippen molar-refractivity contribution in [2.24, 2.45) is 0 Å². The van der Waals surface area contributed by atoms with Crippen LogP contribution in [0.2, 0.25) is 0 Å². The number of hydrogen-bond donors (Lipinski definition) is 2. The largest absolute Gasteiger partial charge is 0.453 e. The van der Waals surface area contributed by atoms with E-state index in [1.807, 2.05) is 23.2 Å². The normalized spacial score (nSPS) is 17.1. The molecule has 1 aliphatic rings. The Balaban J connectivity index is 1.79. The third kappa shape index (κ3) is 3.21. The number of nitrogens with one attached hydrogen (secondary N) is 2. The molecule has 0 radical (unpaired) electrons. The lowest BCUT2D eigenvalue weighted by Crippen LogP contribution is -2.30. The van der Waals surface area contributed by atoms with Gasteiger partial charge in [-0.25, -0.2) is 4.79 Å². The van der Waals surface area contributed by atoms with Gasteiger partial charge in [-0.3, -0.25) is 10.1 Å². The van der Waals surface area contributed by atoms with E-state index in [0.29, 0.717) is 11.3 Å². The van der Waals surface area contributed by atoms with Crippen LogP contribution in [0.1, 0.15) is 34.9 Å². The lowest BCUT2D eigenvalue weighted by Gasteiger charge is -2.24. The Kier molecular flexibility index (Phi) is 4.32. The van der Waals surface area contributed by atoms with Crippen molar-refractivity contribution in [2.75, 3.05) is 19.0 Å². The first kappa shape index (κ1) is 15.1. The van der Waals surface area contributed by atoms with Crippen LogP contribution in [0, 0.1) is 0 Å². The second kappa shape index (κ2) is 6.56. The fourth-order valence-corrected chi connectivity index (χ4v) is 2.95. The Morgan fingerprint density at radius 1 is 1.30 bits per heavy atom. The summed E-state index contributed by atoms with van der Waals surface area (Å²) in [7, 11) is 1.30. The second-order valence-electron chi connectivity index (χ2n) is 5.48. The highest BCUT2D eigenvalue weighted by Gasteiger charge is 2.31. The number of benzene rings is 1. The van der Waals surface area contributed by atoms with Crippen molar-refractivity contribution >= 4 is 17.7 Å². The topological polar surface area (TPSA) is 74.4 Å². The summed E-state index contributed by atoms with van der Waals surface area (Å²) in [6.07, 6.45) is 3.25. The molecule has 0 aliphatic carbocycles. The van der Waals surface area contributed by atoms with Crippen LogP contribution >= 0.6 is 0 Å².